The van der Waals surface area contributed by atoms with Crippen molar-refractivity contribution in [2.24, 2.45) is 7.05 Å². The van der Waals surface area contributed by atoms with E-state index in [2.05, 4.69) is 9.84 Å². The van der Waals surface area contributed by atoms with Crippen LogP contribution in [-0.2, 0) is 13.7 Å². The number of rotatable bonds is 6. The third-order valence-electron chi connectivity index (χ3n) is 4.26. The highest BCUT2D eigenvalue weighted by Gasteiger charge is 2.31. The fourth-order valence-corrected chi connectivity index (χ4v) is 3.01. The van der Waals surface area contributed by atoms with Crippen LogP contribution in [0.5, 0.6) is 17.2 Å². The SMILES string of the molecule is Cc1cc(OCc2cc(-c3ccc(OC(F)(F)F)cc3)n(C)n2)ccc1OC(C)(C)C. The molecule has 0 atom stereocenters. The van der Waals surface area contributed by atoms with E-state index in [1.807, 2.05) is 52.0 Å². The molecule has 3 rings (SSSR count). The van der Waals surface area contributed by atoms with Crippen LogP contribution in [0.4, 0.5) is 13.2 Å². The van der Waals surface area contributed by atoms with Gasteiger partial charge in [-0.25, -0.2) is 0 Å². The number of nitrogens with zero attached hydrogens (tertiary/aromatic N) is 2. The van der Waals surface area contributed by atoms with Crippen molar-refractivity contribution in [2.45, 2.75) is 46.3 Å². The zero-order valence-corrected chi connectivity index (χ0v) is 18.1. The van der Waals surface area contributed by atoms with Crippen molar-refractivity contribution in [2.75, 3.05) is 0 Å². The highest BCUT2D eigenvalue weighted by atomic mass is 19.4. The number of ether oxygens (including phenoxy) is 3. The second-order valence-corrected chi connectivity index (χ2v) is 8.15. The summed E-state index contributed by atoms with van der Waals surface area (Å²) in [5.74, 6) is 1.23. The molecule has 0 spiro atoms. The lowest BCUT2D eigenvalue weighted by Crippen LogP contribution is -2.23. The molecule has 3 aromatic rings. The van der Waals surface area contributed by atoms with Gasteiger partial charge in [0, 0.05) is 12.6 Å². The number of benzene rings is 2. The molecule has 0 fully saturated rings. The average Bonchev–Trinajstić information content (AvgIpc) is 3.01. The molecule has 0 bridgehead atoms. The Labute approximate surface area is 179 Å². The quantitative estimate of drug-likeness (QED) is 0.474. The van der Waals surface area contributed by atoms with Crippen LogP contribution in [0.1, 0.15) is 32.0 Å². The first-order chi connectivity index (χ1) is 14.4. The van der Waals surface area contributed by atoms with Crippen LogP contribution in [-0.4, -0.2) is 21.7 Å². The summed E-state index contributed by atoms with van der Waals surface area (Å²) in [7, 11) is 1.77. The lowest BCUT2D eigenvalue weighted by Gasteiger charge is -2.22. The Hall–Kier alpha value is -3.16. The third-order valence-corrected chi connectivity index (χ3v) is 4.26. The van der Waals surface area contributed by atoms with Gasteiger partial charge in [-0.2, -0.15) is 5.10 Å². The molecule has 0 aliphatic carbocycles. The summed E-state index contributed by atoms with van der Waals surface area (Å²) in [6.45, 7) is 8.19. The summed E-state index contributed by atoms with van der Waals surface area (Å²) >= 11 is 0. The third kappa shape index (κ3) is 6.41. The molecule has 1 heterocycles. The predicted molar refractivity (Wildman–Crippen MR) is 111 cm³/mol. The van der Waals surface area contributed by atoms with Crippen molar-refractivity contribution < 1.29 is 27.4 Å². The average molecular weight is 434 g/mol. The largest absolute Gasteiger partial charge is 0.573 e. The zero-order chi connectivity index (χ0) is 22.8. The molecule has 0 aliphatic heterocycles. The molecule has 0 aliphatic rings. The Kier molecular flexibility index (Phi) is 6.20. The smallest absolute Gasteiger partial charge is 0.488 e. The molecule has 0 amide bonds. The van der Waals surface area contributed by atoms with Crippen molar-refractivity contribution in [1.82, 2.24) is 9.78 Å². The maximum Gasteiger partial charge on any atom is 0.573 e. The molecule has 0 saturated heterocycles. The van der Waals surface area contributed by atoms with E-state index in [9.17, 15) is 13.2 Å². The van der Waals surface area contributed by atoms with E-state index in [-0.39, 0.29) is 18.0 Å². The van der Waals surface area contributed by atoms with Crippen LogP contribution in [0.2, 0.25) is 0 Å². The molecule has 2 aromatic carbocycles. The minimum Gasteiger partial charge on any atom is -0.488 e. The fourth-order valence-electron chi connectivity index (χ4n) is 3.01. The highest BCUT2D eigenvalue weighted by Crippen LogP contribution is 2.29. The number of hydrogen-bond acceptors (Lipinski definition) is 4. The first-order valence-corrected chi connectivity index (χ1v) is 9.71. The monoisotopic (exact) mass is 434 g/mol. The van der Waals surface area contributed by atoms with Gasteiger partial charge in [0.2, 0.25) is 0 Å². The first-order valence-electron chi connectivity index (χ1n) is 9.71. The van der Waals surface area contributed by atoms with Crippen molar-refractivity contribution in [3.05, 3.63) is 59.8 Å². The van der Waals surface area contributed by atoms with E-state index in [1.54, 1.807) is 23.9 Å². The number of hydrogen-bond donors (Lipinski definition) is 0. The van der Waals surface area contributed by atoms with Crippen LogP contribution >= 0.6 is 0 Å². The molecule has 0 saturated carbocycles. The highest BCUT2D eigenvalue weighted by molar-refractivity contribution is 5.61. The van der Waals surface area contributed by atoms with Crippen LogP contribution in [0.3, 0.4) is 0 Å². The standard InChI is InChI=1S/C23H25F3N2O3/c1-15-12-19(10-11-21(15)31-22(2,3)4)29-14-17-13-20(28(5)27-17)16-6-8-18(9-7-16)30-23(24,25)26/h6-13H,14H2,1-5H3. The summed E-state index contributed by atoms with van der Waals surface area (Å²) in [6, 6.07) is 13.1. The molecule has 1 aromatic heterocycles. The molecular weight excluding hydrogens is 409 g/mol. The molecule has 0 N–H and O–H groups in total. The van der Waals surface area contributed by atoms with Gasteiger partial charge in [-0.1, -0.05) is 0 Å². The topological polar surface area (TPSA) is 45.5 Å². The maximum atomic E-state index is 12.3. The zero-order valence-electron chi connectivity index (χ0n) is 18.1. The number of aryl methyl sites for hydroxylation is 2. The predicted octanol–water partition coefficient (Wildman–Crippen LogP) is 6.05. The minimum atomic E-state index is -4.71. The van der Waals surface area contributed by atoms with Gasteiger partial charge in [0.05, 0.1) is 5.69 Å². The summed E-state index contributed by atoms with van der Waals surface area (Å²) in [6.07, 6.45) is -4.71. The normalized spacial score (nSPS) is 12.0. The van der Waals surface area contributed by atoms with Crippen molar-refractivity contribution in [3.63, 3.8) is 0 Å². The summed E-state index contributed by atoms with van der Waals surface area (Å²) < 4.78 is 54.3. The van der Waals surface area contributed by atoms with Crippen LogP contribution in [0.15, 0.2) is 48.5 Å². The lowest BCUT2D eigenvalue weighted by molar-refractivity contribution is -0.274. The van der Waals surface area contributed by atoms with E-state index < -0.39 is 6.36 Å². The molecule has 5 nitrogen and oxygen atoms in total. The lowest BCUT2D eigenvalue weighted by atomic mass is 10.1. The maximum absolute atomic E-state index is 12.3. The van der Waals surface area contributed by atoms with Crippen LogP contribution in [0, 0.1) is 6.92 Å². The Morgan fingerprint density at radius 3 is 2.13 bits per heavy atom. The summed E-state index contributed by atoms with van der Waals surface area (Å²) in [5, 5.41) is 4.43. The molecule has 8 heteroatoms. The molecule has 166 valence electrons. The fraction of sp³-hybridized carbons (Fsp3) is 0.348. The Balaban J connectivity index is 1.67. The number of alkyl halides is 3. The summed E-state index contributed by atoms with van der Waals surface area (Å²) in [4.78, 5) is 0. The van der Waals surface area contributed by atoms with Gasteiger partial charge < -0.3 is 14.2 Å². The molecule has 31 heavy (non-hydrogen) atoms. The molecule has 0 radical (unpaired) electrons. The van der Waals surface area contributed by atoms with E-state index >= 15 is 0 Å². The van der Waals surface area contributed by atoms with Gasteiger partial charge in [-0.3, -0.25) is 4.68 Å². The number of halogens is 3. The second-order valence-electron chi connectivity index (χ2n) is 8.15. The molecular formula is C23H25F3N2O3. The second kappa shape index (κ2) is 8.53. The Morgan fingerprint density at radius 1 is 0.903 bits per heavy atom. The van der Waals surface area contributed by atoms with Gasteiger partial charge in [-0.05, 0) is 81.8 Å². The van der Waals surface area contributed by atoms with Gasteiger partial charge in [-0.15, -0.1) is 13.2 Å². The van der Waals surface area contributed by atoms with Gasteiger partial charge >= 0.3 is 6.36 Å². The van der Waals surface area contributed by atoms with Crippen LogP contribution < -0.4 is 14.2 Å². The van der Waals surface area contributed by atoms with Gasteiger partial charge in [0.25, 0.3) is 0 Å². The van der Waals surface area contributed by atoms with E-state index in [0.717, 1.165) is 22.6 Å². The Morgan fingerprint density at radius 2 is 1.55 bits per heavy atom. The van der Waals surface area contributed by atoms with Crippen molar-refractivity contribution in [3.8, 4) is 28.5 Å². The minimum absolute atomic E-state index is 0.252. The van der Waals surface area contributed by atoms with Gasteiger partial charge in [0.1, 0.15) is 35.2 Å². The van der Waals surface area contributed by atoms with E-state index in [0.29, 0.717) is 11.4 Å². The van der Waals surface area contributed by atoms with Crippen molar-refractivity contribution >= 4 is 0 Å². The van der Waals surface area contributed by atoms with E-state index in [4.69, 9.17) is 9.47 Å². The number of aromatic nitrogens is 2. The van der Waals surface area contributed by atoms with Crippen LogP contribution in [0.25, 0.3) is 11.3 Å². The van der Waals surface area contributed by atoms with Gasteiger partial charge in [0.15, 0.2) is 0 Å². The summed E-state index contributed by atoms with van der Waals surface area (Å²) in [5.41, 5.74) is 2.85. The van der Waals surface area contributed by atoms with E-state index in [1.165, 1.54) is 12.1 Å². The van der Waals surface area contributed by atoms with Crippen molar-refractivity contribution in [1.29, 1.82) is 0 Å². The Bertz CT molecular complexity index is 1040. The molecule has 0 unspecified atom stereocenters. The first kappa shape index (κ1) is 22.5.